The number of nitrogens with one attached hydrogen (secondary N) is 1. The van der Waals surface area contributed by atoms with Crippen molar-refractivity contribution in [3.8, 4) is 5.82 Å². The first-order valence-electron chi connectivity index (χ1n) is 7.24. The molecule has 6 heteroatoms. The summed E-state index contributed by atoms with van der Waals surface area (Å²) < 4.78 is 28.9. The largest absolute Gasteiger partial charge is 0.308 e. The van der Waals surface area contributed by atoms with Crippen LogP contribution in [0.4, 0.5) is 8.78 Å². The normalized spacial score (nSPS) is 10.9. The van der Waals surface area contributed by atoms with Gasteiger partial charge in [-0.2, -0.15) is 0 Å². The summed E-state index contributed by atoms with van der Waals surface area (Å²) in [6.07, 6.45) is 5.30. The lowest BCUT2D eigenvalue weighted by Gasteiger charge is -2.08. The van der Waals surface area contributed by atoms with Gasteiger partial charge in [0.1, 0.15) is 23.3 Å². The zero-order valence-corrected chi connectivity index (χ0v) is 12.6. The van der Waals surface area contributed by atoms with Gasteiger partial charge in [-0.15, -0.1) is 0 Å². The lowest BCUT2D eigenvalue weighted by atomic mass is 10.2. The number of benzene rings is 1. The van der Waals surface area contributed by atoms with E-state index in [0.29, 0.717) is 6.54 Å². The molecular weight excluding hydrogens is 298 g/mol. The van der Waals surface area contributed by atoms with Crippen molar-refractivity contribution < 1.29 is 8.78 Å². The van der Waals surface area contributed by atoms with Gasteiger partial charge in [-0.25, -0.2) is 18.7 Å². The van der Waals surface area contributed by atoms with E-state index in [1.165, 1.54) is 18.2 Å². The van der Waals surface area contributed by atoms with Crippen molar-refractivity contribution in [3.05, 3.63) is 77.5 Å². The van der Waals surface area contributed by atoms with E-state index in [-0.39, 0.29) is 12.1 Å². The number of rotatable bonds is 5. The lowest BCUT2D eigenvalue weighted by molar-refractivity contribution is 0.535. The van der Waals surface area contributed by atoms with Crippen molar-refractivity contribution in [2.45, 2.75) is 20.0 Å². The third-order valence-corrected chi connectivity index (χ3v) is 3.57. The molecule has 0 bridgehead atoms. The maximum Gasteiger partial charge on any atom is 0.137 e. The Labute approximate surface area is 132 Å². The van der Waals surface area contributed by atoms with Crippen LogP contribution in [0, 0.1) is 18.6 Å². The molecule has 0 saturated heterocycles. The predicted molar refractivity (Wildman–Crippen MR) is 83.0 cm³/mol. The van der Waals surface area contributed by atoms with Gasteiger partial charge < -0.3 is 5.32 Å². The molecule has 0 unspecified atom stereocenters. The molecule has 0 saturated carbocycles. The predicted octanol–water partition coefficient (Wildman–Crippen LogP) is 3.14. The quantitative estimate of drug-likeness (QED) is 0.787. The number of nitrogens with zero attached hydrogens (tertiary/aromatic N) is 3. The standard InChI is InChI=1S/C17H16F2N4/c1-12-21-7-8-23(12)17-6-5-13(10-22-17)9-20-11-14-15(18)3-2-4-16(14)19/h2-8,10,20H,9,11H2,1H3. The molecule has 23 heavy (non-hydrogen) atoms. The maximum atomic E-state index is 13.5. The summed E-state index contributed by atoms with van der Waals surface area (Å²) in [5.74, 6) is 0.561. The van der Waals surface area contributed by atoms with Crippen LogP contribution in [0.1, 0.15) is 17.0 Å². The minimum absolute atomic E-state index is 0.0473. The Hall–Kier alpha value is -2.60. The minimum Gasteiger partial charge on any atom is -0.308 e. The molecule has 0 aliphatic heterocycles. The molecule has 0 amide bonds. The number of aryl methyl sites for hydroxylation is 1. The second-order valence-corrected chi connectivity index (χ2v) is 5.17. The molecule has 0 fully saturated rings. The highest BCUT2D eigenvalue weighted by Gasteiger charge is 2.07. The third kappa shape index (κ3) is 3.43. The van der Waals surface area contributed by atoms with Crippen molar-refractivity contribution in [1.82, 2.24) is 19.9 Å². The van der Waals surface area contributed by atoms with E-state index in [9.17, 15) is 8.78 Å². The summed E-state index contributed by atoms with van der Waals surface area (Å²) >= 11 is 0. The van der Waals surface area contributed by atoms with E-state index in [2.05, 4.69) is 15.3 Å². The Kier molecular flexibility index (Phi) is 4.43. The highest BCUT2D eigenvalue weighted by Crippen LogP contribution is 2.12. The Morgan fingerprint density at radius 2 is 1.83 bits per heavy atom. The van der Waals surface area contributed by atoms with E-state index in [1.807, 2.05) is 29.8 Å². The average Bonchev–Trinajstić information content (AvgIpc) is 2.97. The van der Waals surface area contributed by atoms with E-state index in [0.717, 1.165) is 17.2 Å². The molecule has 1 N–H and O–H groups in total. The van der Waals surface area contributed by atoms with Crippen LogP contribution in [0.2, 0.25) is 0 Å². The van der Waals surface area contributed by atoms with Crippen LogP contribution in [-0.4, -0.2) is 14.5 Å². The Morgan fingerprint density at radius 3 is 2.43 bits per heavy atom. The highest BCUT2D eigenvalue weighted by atomic mass is 19.1. The van der Waals surface area contributed by atoms with Gasteiger partial charge in [-0.1, -0.05) is 12.1 Å². The molecule has 0 spiro atoms. The maximum absolute atomic E-state index is 13.5. The number of imidazole rings is 1. The zero-order chi connectivity index (χ0) is 16.2. The van der Waals surface area contributed by atoms with Crippen LogP contribution in [-0.2, 0) is 13.1 Å². The number of halogens is 2. The number of hydrogen-bond acceptors (Lipinski definition) is 3. The van der Waals surface area contributed by atoms with Crippen molar-refractivity contribution in [2.24, 2.45) is 0 Å². The minimum atomic E-state index is -0.540. The molecule has 4 nitrogen and oxygen atoms in total. The van der Waals surface area contributed by atoms with Gasteiger partial charge in [0.25, 0.3) is 0 Å². The summed E-state index contributed by atoms with van der Waals surface area (Å²) in [7, 11) is 0. The third-order valence-electron chi connectivity index (χ3n) is 3.57. The second kappa shape index (κ2) is 6.66. The molecule has 1 aromatic carbocycles. The van der Waals surface area contributed by atoms with Crippen LogP contribution in [0.25, 0.3) is 5.82 Å². The molecule has 0 radical (unpaired) electrons. The van der Waals surface area contributed by atoms with Gasteiger partial charge in [0.05, 0.1) is 0 Å². The van der Waals surface area contributed by atoms with Crippen LogP contribution in [0.15, 0.2) is 48.9 Å². The molecule has 2 aromatic heterocycles. The first-order chi connectivity index (χ1) is 11.1. The highest BCUT2D eigenvalue weighted by molar-refractivity contribution is 5.27. The zero-order valence-electron chi connectivity index (χ0n) is 12.6. The van der Waals surface area contributed by atoms with E-state index < -0.39 is 11.6 Å². The van der Waals surface area contributed by atoms with Crippen LogP contribution in [0.5, 0.6) is 0 Å². The topological polar surface area (TPSA) is 42.7 Å². The second-order valence-electron chi connectivity index (χ2n) is 5.17. The van der Waals surface area contributed by atoms with Crippen molar-refractivity contribution in [1.29, 1.82) is 0 Å². The number of aromatic nitrogens is 3. The first-order valence-corrected chi connectivity index (χ1v) is 7.24. The van der Waals surface area contributed by atoms with Gasteiger partial charge in [-0.05, 0) is 30.7 Å². The summed E-state index contributed by atoms with van der Waals surface area (Å²) in [5.41, 5.74) is 0.981. The van der Waals surface area contributed by atoms with Gasteiger partial charge in [0.2, 0.25) is 0 Å². The van der Waals surface area contributed by atoms with Crippen LogP contribution < -0.4 is 5.32 Å². The van der Waals surface area contributed by atoms with Crippen LogP contribution >= 0.6 is 0 Å². The fourth-order valence-electron chi connectivity index (χ4n) is 2.32. The first kappa shape index (κ1) is 15.3. The summed E-state index contributed by atoms with van der Waals surface area (Å²) in [6.45, 7) is 2.50. The van der Waals surface area contributed by atoms with Crippen molar-refractivity contribution >= 4 is 0 Å². The summed E-state index contributed by atoms with van der Waals surface area (Å²) in [6, 6.07) is 7.67. The molecule has 0 aliphatic rings. The summed E-state index contributed by atoms with van der Waals surface area (Å²) in [5, 5.41) is 3.03. The molecule has 3 aromatic rings. The van der Waals surface area contributed by atoms with Crippen LogP contribution in [0.3, 0.4) is 0 Å². The molecule has 0 aliphatic carbocycles. The number of pyridine rings is 1. The van der Waals surface area contributed by atoms with Gasteiger partial charge in [0, 0.05) is 37.2 Å². The Morgan fingerprint density at radius 1 is 1.04 bits per heavy atom. The Balaban J connectivity index is 1.62. The summed E-state index contributed by atoms with van der Waals surface area (Å²) in [4.78, 5) is 8.53. The van der Waals surface area contributed by atoms with Gasteiger partial charge in [0.15, 0.2) is 0 Å². The van der Waals surface area contributed by atoms with Crippen molar-refractivity contribution in [3.63, 3.8) is 0 Å². The monoisotopic (exact) mass is 314 g/mol. The molecular formula is C17H16F2N4. The fourth-order valence-corrected chi connectivity index (χ4v) is 2.32. The SMILES string of the molecule is Cc1nccn1-c1ccc(CNCc2c(F)cccc2F)cn1. The average molecular weight is 314 g/mol. The Bertz CT molecular complexity index is 776. The molecule has 3 rings (SSSR count). The fraction of sp³-hybridized carbons (Fsp3) is 0.176. The number of hydrogen-bond donors (Lipinski definition) is 1. The van der Waals surface area contributed by atoms with Gasteiger partial charge >= 0.3 is 0 Å². The molecule has 0 atom stereocenters. The lowest BCUT2D eigenvalue weighted by Crippen LogP contribution is -2.15. The smallest absolute Gasteiger partial charge is 0.137 e. The van der Waals surface area contributed by atoms with Crippen molar-refractivity contribution in [2.75, 3.05) is 0 Å². The van der Waals surface area contributed by atoms with Gasteiger partial charge in [-0.3, -0.25) is 4.57 Å². The molecule has 118 valence electrons. The molecule has 2 heterocycles. The van der Waals surface area contributed by atoms with E-state index in [4.69, 9.17) is 0 Å². The van der Waals surface area contributed by atoms with E-state index >= 15 is 0 Å². The van der Waals surface area contributed by atoms with E-state index in [1.54, 1.807) is 12.4 Å².